The van der Waals surface area contributed by atoms with Crippen LogP contribution in [0.5, 0.6) is 5.75 Å². The lowest BCUT2D eigenvalue weighted by atomic mass is 10.1. The number of carbonyl (C=O) groups is 2. The van der Waals surface area contributed by atoms with Crippen molar-refractivity contribution in [3.05, 3.63) is 29.8 Å². The lowest BCUT2D eigenvalue weighted by Gasteiger charge is -2.14. The molecule has 4 N–H and O–H groups in total. The molecule has 0 fully saturated rings. The molecule has 0 saturated carbocycles. The molecule has 6 nitrogen and oxygen atoms in total. The van der Waals surface area contributed by atoms with Gasteiger partial charge in [0.2, 0.25) is 5.91 Å². The summed E-state index contributed by atoms with van der Waals surface area (Å²) in [6.45, 7) is 4.92. The number of phenols is 1. The van der Waals surface area contributed by atoms with Gasteiger partial charge in [0.05, 0.1) is 0 Å². The van der Waals surface area contributed by atoms with Gasteiger partial charge in [-0.2, -0.15) is 0 Å². The Kier molecular flexibility index (Phi) is 8.57. The van der Waals surface area contributed by atoms with Crippen molar-refractivity contribution in [1.82, 2.24) is 16.0 Å². The van der Waals surface area contributed by atoms with E-state index in [-0.39, 0.29) is 30.2 Å². The molecule has 0 bridgehead atoms. The first-order chi connectivity index (χ1) is 11.0. The molecule has 1 aromatic carbocycles. The Morgan fingerprint density at radius 2 is 1.83 bits per heavy atom. The molecule has 0 radical (unpaired) electrons. The zero-order valence-corrected chi connectivity index (χ0v) is 13.9. The standard InChI is InChI=1S/C17H27N3O3/c1-3-11-18-16(22)10-12-19-17(23)20-13(2)4-5-14-6-8-15(21)9-7-14/h6-9,13,21H,3-5,10-12H2,1-2H3,(H,18,22)(H2,19,20,23). The Hall–Kier alpha value is -2.24. The van der Waals surface area contributed by atoms with Gasteiger partial charge in [-0.25, -0.2) is 4.79 Å². The van der Waals surface area contributed by atoms with Gasteiger partial charge in [-0.05, 0) is 43.9 Å². The van der Waals surface area contributed by atoms with Crippen LogP contribution in [0, 0.1) is 0 Å². The van der Waals surface area contributed by atoms with Crippen molar-refractivity contribution in [2.24, 2.45) is 0 Å². The smallest absolute Gasteiger partial charge is 0.315 e. The molecule has 3 amide bonds. The van der Waals surface area contributed by atoms with Crippen LogP contribution in [0.15, 0.2) is 24.3 Å². The fourth-order valence-corrected chi connectivity index (χ4v) is 2.04. The first-order valence-electron chi connectivity index (χ1n) is 8.10. The van der Waals surface area contributed by atoms with Gasteiger partial charge in [0.15, 0.2) is 0 Å². The van der Waals surface area contributed by atoms with Gasteiger partial charge in [-0.1, -0.05) is 19.1 Å². The van der Waals surface area contributed by atoms with Crippen molar-refractivity contribution in [2.45, 2.75) is 45.6 Å². The first-order valence-corrected chi connectivity index (χ1v) is 8.10. The number of hydrogen-bond donors (Lipinski definition) is 4. The van der Waals surface area contributed by atoms with Crippen LogP contribution in [0.2, 0.25) is 0 Å². The number of amides is 3. The van der Waals surface area contributed by atoms with Crippen molar-refractivity contribution in [3.63, 3.8) is 0 Å². The molecule has 23 heavy (non-hydrogen) atoms. The largest absolute Gasteiger partial charge is 0.508 e. The summed E-state index contributed by atoms with van der Waals surface area (Å²) in [6, 6.07) is 6.82. The topological polar surface area (TPSA) is 90.5 Å². The zero-order valence-electron chi connectivity index (χ0n) is 13.9. The van der Waals surface area contributed by atoms with Crippen LogP contribution in [0.4, 0.5) is 4.79 Å². The second-order valence-corrected chi connectivity index (χ2v) is 5.61. The van der Waals surface area contributed by atoms with Gasteiger partial charge in [-0.3, -0.25) is 4.79 Å². The zero-order chi connectivity index (χ0) is 17.1. The quantitative estimate of drug-likeness (QED) is 0.560. The minimum absolute atomic E-state index is 0.0257. The highest BCUT2D eigenvalue weighted by atomic mass is 16.3. The molecule has 0 aromatic heterocycles. The summed E-state index contributed by atoms with van der Waals surface area (Å²) in [6.07, 6.45) is 2.81. The van der Waals surface area contributed by atoms with E-state index in [1.165, 1.54) is 0 Å². The molecule has 6 heteroatoms. The number of urea groups is 1. The average Bonchev–Trinajstić information content (AvgIpc) is 2.52. The third-order valence-corrected chi connectivity index (χ3v) is 3.39. The fourth-order valence-electron chi connectivity index (χ4n) is 2.04. The normalized spacial score (nSPS) is 11.6. The summed E-state index contributed by atoms with van der Waals surface area (Å²) in [5, 5.41) is 17.5. The maximum atomic E-state index is 11.7. The Labute approximate surface area is 137 Å². The van der Waals surface area contributed by atoms with Crippen LogP contribution < -0.4 is 16.0 Å². The summed E-state index contributed by atoms with van der Waals surface area (Å²) < 4.78 is 0. The second-order valence-electron chi connectivity index (χ2n) is 5.61. The minimum Gasteiger partial charge on any atom is -0.508 e. The molecule has 1 aromatic rings. The highest BCUT2D eigenvalue weighted by molar-refractivity contribution is 5.78. The van der Waals surface area contributed by atoms with Crippen LogP contribution in [0.1, 0.15) is 38.7 Å². The Bertz CT molecular complexity index is 488. The number of aryl methyl sites for hydroxylation is 1. The highest BCUT2D eigenvalue weighted by Crippen LogP contribution is 2.11. The lowest BCUT2D eigenvalue weighted by molar-refractivity contribution is -0.120. The van der Waals surface area contributed by atoms with Crippen LogP contribution in [-0.4, -0.2) is 36.2 Å². The van der Waals surface area contributed by atoms with Crippen molar-refractivity contribution >= 4 is 11.9 Å². The number of benzene rings is 1. The van der Waals surface area contributed by atoms with E-state index in [1.54, 1.807) is 12.1 Å². The summed E-state index contributed by atoms with van der Waals surface area (Å²) in [5.41, 5.74) is 1.12. The van der Waals surface area contributed by atoms with E-state index in [1.807, 2.05) is 26.0 Å². The third-order valence-electron chi connectivity index (χ3n) is 3.39. The van der Waals surface area contributed by atoms with Crippen molar-refractivity contribution in [3.8, 4) is 5.75 Å². The third kappa shape index (κ3) is 8.70. The molecule has 0 saturated heterocycles. The van der Waals surface area contributed by atoms with E-state index < -0.39 is 0 Å². The lowest BCUT2D eigenvalue weighted by Crippen LogP contribution is -2.42. The predicted octanol–water partition coefficient (Wildman–Crippen LogP) is 1.93. The molecule has 128 valence electrons. The summed E-state index contributed by atoms with van der Waals surface area (Å²) >= 11 is 0. The molecule has 0 spiro atoms. The number of aromatic hydroxyl groups is 1. The van der Waals surface area contributed by atoms with Crippen LogP contribution in [0.25, 0.3) is 0 Å². The van der Waals surface area contributed by atoms with Gasteiger partial charge in [0.25, 0.3) is 0 Å². The number of hydrogen-bond acceptors (Lipinski definition) is 3. The molecular weight excluding hydrogens is 294 g/mol. The Balaban J connectivity index is 2.15. The second kappa shape index (κ2) is 10.5. The molecular formula is C17H27N3O3. The fraction of sp³-hybridized carbons (Fsp3) is 0.529. The van der Waals surface area contributed by atoms with Gasteiger partial charge in [-0.15, -0.1) is 0 Å². The summed E-state index contributed by atoms with van der Waals surface area (Å²) in [5.74, 6) is 0.204. The minimum atomic E-state index is -0.258. The van der Waals surface area contributed by atoms with Crippen LogP contribution >= 0.6 is 0 Å². The molecule has 1 rings (SSSR count). The number of carbonyl (C=O) groups excluding carboxylic acids is 2. The number of phenolic OH excluding ortho intramolecular Hbond substituents is 1. The average molecular weight is 321 g/mol. The van der Waals surface area contributed by atoms with Crippen LogP contribution in [0.3, 0.4) is 0 Å². The SMILES string of the molecule is CCCNC(=O)CCNC(=O)NC(C)CCc1ccc(O)cc1. The van der Waals surface area contributed by atoms with Crippen molar-refractivity contribution in [1.29, 1.82) is 0 Å². The highest BCUT2D eigenvalue weighted by Gasteiger charge is 2.08. The maximum Gasteiger partial charge on any atom is 0.315 e. The van der Waals surface area contributed by atoms with E-state index in [9.17, 15) is 14.7 Å². The van der Waals surface area contributed by atoms with Crippen molar-refractivity contribution in [2.75, 3.05) is 13.1 Å². The monoisotopic (exact) mass is 321 g/mol. The maximum absolute atomic E-state index is 11.7. The van der Waals surface area contributed by atoms with Gasteiger partial charge >= 0.3 is 6.03 Å². The molecule has 1 unspecified atom stereocenters. The van der Waals surface area contributed by atoms with E-state index in [0.29, 0.717) is 13.1 Å². The summed E-state index contributed by atoms with van der Waals surface area (Å²) in [7, 11) is 0. The molecule has 1 atom stereocenters. The number of rotatable bonds is 9. The predicted molar refractivity (Wildman–Crippen MR) is 90.3 cm³/mol. The van der Waals surface area contributed by atoms with E-state index in [4.69, 9.17) is 0 Å². The van der Waals surface area contributed by atoms with Crippen molar-refractivity contribution < 1.29 is 14.7 Å². The summed E-state index contributed by atoms with van der Waals surface area (Å²) in [4.78, 5) is 23.1. The van der Waals surface area contributed by atoms with E-state index >= 15 is 0 Å². The first kappa shape index (κ1) is 18.8. The molecule has 0 aliphatic carbocycles. The molecule has 0 heterocycles. The van der Waals surface area contributed by atoms with Gasteiger partial charge in [0, 0.05) is 25.6 Å². The number of nitrogens with one attached hydrogen (secondary N) is 3. The van der Waals surface area contributed by atoms with E-state index in [2.05, 4.69) is 16.0 Å². The Morgan fingerprint density at radius 1 is 1.13 bits per heavy atom. The van der Waals surface area contributed by atoms with Gasteiger partial charge < -0.3 is 21.1 Å². The Morgan fingerprint density at radius 3 is 2.48 bits per heavy atom. The molecule has 0 aliphatic rings. The molecule has 0 aliphatic heterocycles. The van der Waals surface area contributed by atoms with Crippen LogP contribution in [-0.2, 0) is 11.2 Å². The van der Waals surface area contributed by atoms with Gasteiger partial charge in [0.1, 0.15) is 5.75 Å². The van der Waals surface area contributed by atoms with E-state index in [0.717, 1.165) is 24.8 Å².